The lowest BCUT2D eigenvalue weighted by molar-refractivity contribution is 0.0678. The molecule has 2 aromatic rings. The van der Waals surface area contributed by atoms with Gasteiger partial charge in [0.05, 0.1) is 0 Å². The van der Waals surface area contributed by atoms with E-state index in [1.165, 1.54) is 6.07 Å². The molecule has 1 fully saturated rings. The lowest BCUT2D eigenvalue weighted by Crippen LogP contribution is -2.39. The van der Waals surface area contributed by atoms with Crippen molar-refractivity contribution < 1.29 is 23.9 Å². The van der Waals surface area contributed by atoms with E-state index in [1.54, 1.807) is 25.1 Å². The molecule has 0 saturated carbocycles. The number of nitrogens with one attached hydrogen (secondary N) is 1. The van der Waals surface area contributed by atoms with Crippen LogP contribution >= 0.6 is 0 Å². The third-order valence-electron chi connectivity index (χ3n) is 5.25. The monoisotopic (exact) mass is 398 g/mol. The summed E-state index contributed by atoms with van der Waals surface area (Å²) in [5.41, 5.74) is 1.87. The number of carboxylic acids is 1. The first-order valence-corrected chi connectivity index (χ1v) is 9.87. The number of rotatable bonds is 5. The van der Waals surface area contributed by atoms with Gasteiger partial charge in [-0.05, 0) is 49.4 Å². The van der Waals surface area contributed by atoms with Gasteiger partial charge in [0, 0.05) is 36.8 Å². The summed E-state index contributed by atoms with van der Waals surface area (Å²) >= 11 is 0. The molecular weight excluding hydrogens is 372 g/mol. The van der Waals surface area contributed by atoms with Gasteiger partial charge in [0.15, 0.2) is 5.76 Å². The Morgan fingerprint density at radius 2 is 2.03 bits per heavy atom. The predicted molar refractivity (Wildman–Crippen MR) is 108 cm³/mol. The van der Waals surface area contributed by atoms with Crippen molar-refractivity contribution in [3.8, 4) is 0 Å². The first-order valence-electron chi connectivity index (χ1n) is 9.87. The fourth-order valence-corrected chi connectivity index (χ4v) is 3.66. The van der Waals surface area contributed by atoms with Gasteiger partial charge < -0.3 is 19.7 Å². The highest BCUT2D eigenvalue weighted by Gasteiger charge is 2.23. The normalized spacial score (nSPS) is 16.5. The summed E-state index contributed by atoms with van der Waals surface area (Å²) in [6.45, 7) is 7.26. The molecule has 0 aliphatic carbocycles. The Hall–Kier alpha value is -3.09. The maximum Gasteiger partial charge on any atom is 0.339 e. The second kappa shape index (κ2) is 8.51. The number of carboxylic acid groups (broad SMARTS) is 1. The van der Waals surface area contributed by atoms with Gasteiger partial charge in [-0.2, -0.15) is 0 Å². The topological polar surface area (TPSA) is 99.9 Å². The summed E-state index contributed by atoms with van der Waals surface area (Å²) in [6, 6.07) is 6.39. The van der Waals surface area contributed by atoms with Crippen molar-refractivity contribution in [3.05, 3.63) is 52.5 Å². The largest absolute Gasteiger partial charge is 0.478 e. The zero-order chi connectivity index (χ0) is 21.1. The van der Waals surface area contributed by atoms with Crippen molar-refractivity contribution in [1.82, 2.24) is 4.90 Å². The van der Waals surface area contributed by atoms with Gasteiger partial charge >= 0.3 is 5.97 Å². The number of carbonyl (C=O) groups excluding carboxylic acids is 2. The summed E-state index contributed by atoms with van der Waals surface area (Å²) in [6.07, 6.45) is 2.53. The Balaban J connectivity index is 1.74. The van der Waals surface area contributed by atoms with E-state index < -0.39 is 11.9 Å². The van der Waals surface area contributed by atoms with Crippen LogP contribution in [0.5, 0.6) is 0 Å². The van der Waals surface area contributed by atoms with Gasteiger partial charge in [0.1, 0.15) is 11.3 Å². The summed E-state index contributed by atoms with van der Waals surface area (Å²) < 4.78 is 5.40. The second-order valence-corrected chi connectivity index (χ2v) is 7.59. The molecule has 7 heteroatoms. The van der Waals surface area contributed by atoms with Crippen LogP contribution in [0.3, 0.4) is 0 Å². The number of hydrogen-bond acceptors (Lipinski definition) is 4. The van der Waals surface area contributed by atoms with Gasteiger partial charge in [-0.1, -0.05) is 13.8 Å². The van der Waals surface area contributed by atoms with Crippen molar-refractivity contribution in [2.75, 3.05) is 18.4 Å². The van der Waals surface area contributed by atoms with Crippen LogP contribution in [0.15, 0.2) is 28.7 Å². The minimum atomic E-state index is -1.13. The van der Waals surface area contributed by atoms with E-state index >= 15 is 0 Å². The third-order valence-corrected chi connectivity index (χ3v) is 5.25. The van der Waals surface area contributed by atoms with Crippen molar-refractivity contribution in [2.24, 2.45) is 5.92 Å². The Kier molecular flexibility index (Phi) is 6.06. The summed E-state index contributed by atoms with van der Waals surface area (Å²) in [7, 11) is 0. The maximum absolute atomic E-state index is 12.8. The predicted octanol–water partition coefficient (Wildman–Crippen LogP) is 3.97. The molecule has 0 radical (unpaired) electrons. The highest BCUT2D eigenvalue weighted by Crippen LogP contribution is 2.23. The van der Waals surface area contributed by atoms with Crippen LogP contribution in [0.4, 0.5) is 5.69 Å². The molecule has 0 spiro atoms. The Morgan fingerprint density at radius 1 is 1.28 bits per heavy atom. The number of nitrogens with zero attached hydrogens (tertiary/aromatic N) is 1. The number of amides is 2. The first kappa shape index (κ1) is 20.6. The molecule has 0 bridgehead atoms. The SMILES string of the molecule is CCc1oc(C(=O)Nc2ccc(C(=O)N3CCCC(C)C3)cc2C)cc1C(=O)O. The van der Waals surface area contributed by atoms with Crippen LogP contribution in [0, 0.1) is 12.8 Å². The van der Waals surface area contributed by atoms with Crippen LogP contribution < -0.4 is 5.32 Å². The van der Waals surface area contributed by atoms with Crippen LogP contribution in [-0.4, -0.2) is 40.9 Å². The standard InChI is InChI=1S/C22H26N2O5/c1-4-18-16(22(27)28)11-19(29-18)20(25)23-17-8-7-15(10-14(17)3)21(26)24-9-5-6-13(2)12-24/h7-8,10-11,13H,4-6,9,12H2,1-3H3,(H,23,25)(H,27,28). The van der Waals surface area contributed by atoms with E-state index in [0.29, 0.717) is 23.6 Å². The number of carbonyl (C=O) groups is 3. The van der Waals surface area contributed by atoms with Gasteiger partial charge in [-0.25, -0.2) is 4.79 Å². The lowest BCUT2D eigenvalue weighted by atomic mass is 9.99. The maximum atomic E-state index is 12.8. The number of anilines is 1. The van der Waals surface area contributed by atoms with E-state index in [4.69, 9.17) is 4.42 Å². The van der Waals surface area contributed by atoms with Gasteiger partial charge in [0.25, 0.3) is 11.8 Å². The molecule has 2 N–H and O–H groups in total. The molecule has 154 valence electrons. The fraction of sp³-hybridized carbons (Fsp3) is 0.409. The van der Waals surface area contributed by atoms with E-state index in [-0.39, 0.29) is 23.0 Å². The number of furan rings is 1. The summed E-state index contributed by atoms with van der Waals surface area (Å²) in [5, 5.41) is 11.9. The molecule has 2 amide bonds. The average molecular weight is 398 g/mol. The minimum absolute atomic E-state index is 0.00208. The quantitative estimate of drug-likeness (QED) is 0.794. The lowest BCUT2D eigenvalue weighted by Gasteiger charge is -2.31. The summed E-state index contributed by atoms with van der Waals surface area (Å²) in [5.74, 6) is -0.946. The first-order chi connectivity index (χ1) is 13.8. The molecule has 1 saturated heterocycles. The molecule has 1 aromatic carbocycles. The van der Waals surface area contributed by atoms with Crippen LogP contribution in [0.2, 0.25) is 0 Å². The molecule has 1 aromatic heterocycles. The average Bonchev–Trinajstić information content (AvgIpc) is 3.14. The van der Waals surface area contributed by atoms with Crippen molar-refractivity contribution in [3.63, 3.8) is 0 Å². The van der Waals surface area contributed by atoms with Crippen molar-refractivity contribution >= 4 is 23.5 Å². The number of benzene rings is 1. The minimum Gasteiger partial charge on any atom is -0.478 e. The highest BCUT2D eigenvalue weighted by molar-refractivity contribution is 6.05. The number of piperidine rings is 1. The number of likely N-dealkylation sites (tertiary alicyclic amines) is 1. The number of hydrogen-bond donors (Lipinski definition) is 2. The molecule has 2 heterocycles. The molecule has 3 rings (SSSR count). The molecule has 1 aliphatic rings. The molecule has 7 nitrogen and oxygen atoms in total. The second-order valence-electron chi connectivity index (χ2n) is 7.59. The van der Waals surface area contributed by atoms with Gasteiger partial charge in [-0.3, -0.25) is 9.59 Å². The Morgan fingerprint density at radius 3 is 2.62 bits per heavy atom. The molecule has 1 atom stereocenters. The van der Waals surface area contributed by atoms with E-state index in [2.05, 4.69) is 12.2 Å². The number of aromatic carboxylic acids is 1. The van der Waals surface area contributed by atoms with E-state index in [1.807, 2.05) is 11.8 Å². The smallest absolute Gasteiger partial charge is 0.339 e. The van der Waals surface area contributed by atoms with Gasteiger partial charge in [-0.15, -0.1) is 0 Å². The van der Waals surface area contributed by atoms with Crippen LogP contribution in [0.1, 0.15) is 69.3 Å². The zero-order valence-electron chi connectivity index (χ0n) is 16.9. The zero-order valence-corrected chi connectivity index (χ0v) is 16.9. The molecule has 1 unspecified atom stereocenters. The summed E-state index contributed by atoms with van der Waals surface area (Å²) in [4.78, 5) is 38.4. The molecule has 29 heavy (non-hydrogen) atoms. The molecular formula is C22H26N2O5. The van der Waals surface area contributed by atoms with Gasteiger partial charge in [0.2, 0.25) is 0 Å². The Labute approximate surface area is 169 Å². The van der Waals surface area contributed by atoms with Crippen molar-refractivity contribution in [1.29, 1.82) is 0 Å². The van der Waals surface area contributed by atoms with Crippen LogP contribution in [-0.2, 0) is 6.42 Å². The van der Waals surface area contributed by atoms with E-state index in [9.17, 15) is 19.5 Å². The fourth-order valence-electron chi connectivity index (χ4n) is 3.66. The Bertz CT molecular complexity index is 947. The third kappa shape index (κ3) is 4.50. The number of aryl methyl sites for hydroxylation is 2. The van der Waals surface area contributed by atoms with Crippen molar-refractivity contribution in [2.45, 2.75) is 40.0 Å². The van der Waals surface area contributed by atoms with Crippen LogP contribution in [0.25, 0.3) is 0 Å². The highest BCUT2D eigenvalue weighted by atomic mass is 16.4. The molecule has 1 aliphatic heterocycles. The van der Waals surface area contributed by atoms with E-state index in [0.717, 1.165) is 31.5 Å².